The molecule has 96 valence electrons. The second-order valence-corrected chi connectivity index (χ2v) is 3.73. The fourth-order valence-electron chi connectivity index (χ4n) is 0.946. The Morgan fingerprint density at radius 1 is 1.33 bits per heavy atom. The summed E-state index contributed by atoms with van der Waals surface area (Å²) in [5.41, 5.74) is 6.72. The fourth-order valence-corrected chi connectivity index (χ4v) is 0.999. The van der Waals surface area contributed by atoms with Gasteiger partial charge in [0.1, 0.15) is 5.82 Å². The summed E-state index contributed by atoms with van der Waals surface area (Å²) < 4.78 is 12.7. The average Bonchev–Trinajstić information content (AvgIpc) is 2.38. The molecule has 0 aliphatic heterocycles. The first-order valence-electron chi connectivity index (χ1n) is 5.18. The van der Waals surface area contributed by atoms with Crippen LogP contribution in [-0.2, 0) is 0 Å². The van der Waals surface area contributed by atoms with E-state index in [1.165, 1.54) is 18.3 Å². The number of benzene rings is 1. The van der Waals surface area contributed by atoms with Crippen LogP contribution < -0.4 is 16.2 Å². The van der Waals surface area contributed by atoms with Crippen molar-refractivity contribution in [1.82, 2.24) is 10.7 Å². The lowest BCUT2D eigenvalue weighted by Crippen LogP contribution is -2.28. The predicted molar refractivity (Wildman–Crippen MR) is 76.4 cm³/mol. The largest absolute Gasteiger partial charge is 0.364 e. The SMILES string of the molecule is CNC(=S)NN=CC(C)=NNc1ccc(F)cc1. The van der Waals surface area contributed by atoms with E-state index < -0.39 is 0 Å². The summed E-state index contributed by atoms with van der Waals surface area (Å²) in [6.45, 7) is 1.77. The number of hydrogen-bond donors (Lipinski definition) is 3. The second-order valence-electron chi connectivity index (χ2n) is 3.32. The van der Waals surface area contributed by atoms with Crippen LogP contribution in [0.25, 0.3) is 0 Å². The van der Waals surface area contributed by atoms with Crippen molar-refractivity contribution in [3.05, 3.63) is 30.1 Å². The molecule has 0 radical (unpaired) electrons. The Labute approximate surface area is 110 Å². The van der Waals surface area contributed by atoms with E-state index in [0.717, 1.165) is 0 Å². The van der Waals surface area contributed by atoms with Gasteiger partial charge in [0.25, 0.3) is 0 Å². The molecule has 1 aromatic rings. The molecule has 5 nitrogen and oxygen atoms in total. The van der Waals surface area contributed by atoms with Crippen molar-refractivity contribution >= 4 is 34.9 Å². The van der Waals surface area contributed by atoms with Crippen molar-refractivity contribution in [2.75, 3.05) is 12.5 Å². The van der Waals surface area contributed by atoms with Crippen molar-refractivity contribution in [3.8, 4) is 0 Å². The molecule has 1 aromatic carbocycles. The third kappa shape index (κ3) is 5.35. The van der Waals surface area contributed by atoms with Gasteiger partial charge < -0.3 is 5.32 Å². The van der Waals surface area contributed by atoms with Crippen LogP contribution in [0, 0.1) is 5.82 Å². The smallest absolute Gasteiger partial charge is 0.186 e. The summed E-state index contributed by atoms with van der Waals surface area (Å²) in [6, 6.07) is 5.90. The predicted octanol–water partition coefficient (Wildman–Crippen LogP) is 1.69. The first kappa shape index (κ1) is 14.0. The highest BCUT2D eigenvalue weighted by Gasteiger charge is 1.91. The number of thiocarbonyl (C=S) groups is 1. The van der Waals surface area contributed by atoms with Gasteiger partial charge in [-0.2, -0.15) is 10.2 Å². The van der Waals surface area contributed by atoms with Crippen LogP contribution in [0.1, 0.15) is 6.92 Å². The maximum absolute atomic E-state index is 12.7. The standard InChI is InChI=1S/C11H14FN5S/c1-8(7-14-17-11(18)13-2)15-16-10-5-3-9(12)4-6-10/h3-7,16H,1-2H3,(H2,13,17,18). The molecule has 0 aliphatic rings. The van der Waals surface area contributed by atoms with Gasteiger partial charge in [-0.15, -0.1) is 0 Å². The third-order valence-corrected chi connectivity index (χ3v) is 2.15. The molecule has 0 amide bonds. The molecule has 0 heterocycles. The van der Waals surface area contributed by atoms with Crippen molar-refractivity contribution in [3.63, 3.8) is 0 Å². The molecule has 0 aliphatic carbocycles. The molecule has 0 saturated carbocycles. The van der Waals surface area contributed by atoms with Gasteiger partial charge in [0.15, 0.2) is 5.11 Å². The highest BCUT2D eigenvalue weighted by atomic mass is 32.1. The first-order chi connectivity index (χ1) is 8.61. The molecule has 0 unspecified atom stereocenters. The lowest BCUT2D eigenvalue weighted by Gasteiger charge is -2.01. The minimum Gasteiger partial charge on any atom is -0.364 e. The van der Waals surface area contributed by atoms with Crippen LogP contribution in [0.4, 0.5) is 10.1 Å². The number of anilines is 1. The zero-order valence-corrected chi connectivity index (χ0v) is 10.9. The molecule has 1 rings (SSSR count). The maximum atomic E-state index is 12.7. The number of rotatable bonds is 4. The van der Waals surface area contributed by atoms with Gasteiger partial charge in [-0.25, -0.2) is 4.39 Å². The molecule has 0 spiro atoms. The summed E-state index contributed by atoms with van der Waals surface area (Å²) in [6.07, 6.45) is 1.51. The Morgan fingerprint density at radius 3 is 2.61 bits per heavy atom. The maximum Gasteiger partial charge on any atom is 0.186 e. The summed E-state index contributed by atoms with van der Waals surface area (Å²) >= 11 is 4.83. The number of halogens is 1. The molecule has 0 fully saturated rings. The molecule has 0 bridgehead atoms. The van der Waals surface area contributed by atoms with Crippen LogP contribution in [0.2, 0.25) is 0 Å². The second kappa shape index (κ2) is 7.33. The van der Waals surface area contributed by atoms with Crippen molar-refractivity contribution in [1.29, 1.82) is 0 Å². The Bertz CT molecular complexity index is 455. The van der Waals surface area contributed by atoms with E-state index in [4.69, 9.17) is 12.2 Å². The normalized spacial score (nSPS) is 11.4. The minimum absolute atomic E-state index is 0.285. The molecule has 7 heteroatoms. The van der Waals surface area contributed by atoms with Crippen LogP contribution in [0.15, 0.2) is 34.5 Å². The van der Waals surface area contributed by atoms with Crippen LogP contribution in [0.5, 0.6) is 0 Å². The van der Waals surface area contributed by atoms with Gasteiger partial charge in [-0.1, -0.05) is 0 Å². The third-order valence-electron chi connectivity index (χ3n) is 1.85. The quantitative estimate of drug-likeness (QED) is 0.441. The van der Waals surface area contributed by atoms with Gasteiger partial charge in [-0.05, 0) is 43.4 Å². The molecule has 0 aromatic heterocycles. The van der Waals surface area contributed by atoms with Crippen molar-refractivity contribution in [2.24, 2.45) is 10.2 Å². The summed E-state index contributed by atoms with van der Waals surface area (Å²) in [5, 5.41) is 11.0. The zero-order valence-electron chi connectivity index (χ0n) is 10.1. The van der Waals surface area contributed by atoms with E-state index in [1.54, 1.807) is 26.1 Å². The Balaban J connectivity index is 2.46. The van der Waals surface area contributed by atoms with Crippen LogP contribution in [0.3, 0.4) is 0 Å². The lowest BCUT2D eigenvalue weighted by atomic mass is 10.3. The average molecular weight is 267 g/mol. The lowest BCUT2D eigenvalue weighted by molar-refractivity contribution is 0.628. The number of hydrazone groups is 2. The molecule has 18 heavy (non-hydrogen) atoms. The molecular weight excluding hydrogens is 253 g/mol. The van der Waals surface area contributed by atoms with Gasteiger partial charge in [0, 0.05) is 7.05 Å². The zero-order chi connectivity index (χ0) is 13.4. The Kier molecular flexibility index (Phi) is 5.72. The van der Waals surface area contributed by atoms with E-state index in [9.17, 15) is 4.39 Å². The Hall–Kier alpha value is -2.02. The van der Waals surface area contributed by atoms with Crippen LogP contribution in [-0.4, -0.2) is 24.1 Å². The van der Waals surface area contributed by atoms with Crippen molar-refractivity contribution < 1.29 is 4.39 Å². The monoisotopic (exact) mass is 267 g/mol. The summed E-state index contributed by atoms with van der Waals surface area (Å²) in [7, 11) is 1.70. The molecule has 0 atom stereocenters. The van der Waals surface area contributed by atoms with E-state index in [2.05, 4.69) is 26.4 Å². The van der Waals surface area contributed by atoms with E-state index in [0.29, 0.717) is 16.5 Å². The van der Waals surface area contributed by atoms with Gasteiger partial charge >= 0.3 is 0 Å². The number of nitrogens with zero attached hydrogens (tertiary/aromatic N) is 2. The fraction of sp³-hybridized carbons (Fsp3) is 0.182. The summed E-state index contributed by atoms with van der Waals surface area (Å²) in [4.78, 5) is 0. The van der Waals surface area contributed by atoms with Gasteiger partial charge in [0.2, 0.25) is 0 Å². The number of nitrogens with one attached hydrogen (secondary N) is 3. The van der Waals surface area contributed by atoms with Crippen LogP contribution >= 0.6 is 12.2 Å². The van der Waals surface area contributed by atoms with Gasteiger partial charge in [0.05, 0.1) is 17.6 Å². The summed E-state index contributed by atoms with van der Waals surface area (Å²) in [5.74, 6) is -0.285. The molecular formula is C11H14FN5S. The first-order valence-corrected chi connectivity index (χ1v) is 5.59. The minimum atomic E-state index is -0.285. The highest BCUT2D eigenvalue weighted by molar-refractivity contribution is 7.80. The van der Waals surface area contributed by atoms with Gasteiger partial charge in [-0.3, -0.25) is 10.9 Å². The highest BCUT2D eigenvalue weighted by Crippen LogP contribution is 2.07. The van der Waals surface area contributed by atoms with E-state index >= 15 is 0 Å². The topological polar surface area (TPSA) is 60.8 Å². The Morgan fingerprint density at radius 2 is 2.00 bits per heavy atom. The van der Waals surface area contributed by atoms with E-state index in [-0.39, 0.29) is 5.82 Å². The number of hydrogen-bond acceptors (Lipinski definition) is 4. The molecule has 0 saturated heterocycles. The molecule has 3 N–H and O–H groups in total. The van der Waals surface area contributed by atoms with Crippen molar-refractivity contribution in [2.45, 2.75) is 6.92 Å². The van der Waals surface area contributed by atoms with E-state index in [1.807, 2.05) is 0 Å².